The molecule has 2 rings (SSSR count). The van der Waals surface area contributed by atoms with E-state index in [1.807, 2.05) is 0 Å². The molecule has 0 radical (unpaired) electrons. The van der Waals surface area contributed by atoms with Crippen molar-refractivity contribution < 1.29 is 13.9 Å². The number of carbonyl (C=O) groups excluding carboxylic acids is 1. The largest absolute Gasteiger partial charge is 0.368 e. The van der Waals surface area contributed by atoms with Crippen LogP contribution in [0.4, 0.5) is 4.39 Å². The first-order valence-electron chi connectivity index (χ1n) is 6.64. The number of amides is 1. The van der Waals surface area contributed by atoms with Gasteiger partial charge in [-0.1, -0.05) is 23.7 Å². The molecule has 1 aromatic carbocycles. The number of nitrogens with two attached hydrogens (primary N) is 1. The van der Waals surface area contributed by atoms with Crippen molar-refractivity contribution in [2.75, 3.05) is 19.7 Å². The average molecular weight is 301 g/mol. The Morgan fingerprint density at radius 1 is 1.60 bits per heavy atom. The molecule has 0 saturated carbocycles. The molecule has 1 aliphatic rings. The molecule has 1 aromatic rings. The van der Waals surface area contributed by atoms with Crippen LogP contribution in [-0.4, -0.2) is 25.6 Å². The number of carbonyl (C=O) groups is 1. The van der Waals surface area contributed by atoms with Crippen molar-refractivity contribution in [1.29, 1.82) is 0 Å². The van der Waals surface area contributed by atoms with Crippen LogP contribution in [0.25, 0.3) is 0 Å². The summed E-state index contributed by atoms with van der Waals surface area (Å²) < 4.78 is 19.7. The van der Waals surface area contributed by atoms with E-state index in [0.717, 1.165) is 25.9 Å². The van der Waals surface area contributed by atoms with Crippen LogP contribution in [-0.2, 0) is 9.53 Å². The minimum absolute atomic E-state index is 0.0546. The summed E-state index contributed by atoms with van der Waals surface area (Å²) >= 11 is 5.82. The molecule has 1 aliphatic heterocycles. The fourth-order valence-corrected chi connectivity index (χ4v) is 2.71. The summed E-state index contributed by atoms with van der Waals surface area (Å²) in [6.45, 7) is 1.43. The lowest BCUT2D eigenvalue weighted by Crippen LogP contribution is -2.35. The summed E-state index contributed by atoms with van der Waals surface area (Å²) in [7, 11) is 0. The summed E-state index contributed by atoms with van der Waals surface area (Å²) in [5, 5.41) is 3.31. The van der Waals surface area contributed by atoms with Gasteiger partial charge in [-0.15, -0.1) is 0 Å². The third-order valence-corrected chi connectivity index (χ3v) is 3.75. The van der Waals surface area contributed by atoms with Crippen LogP contribution < -0.4 is 11.1 Å². The van der Waals surface area contributed by atoms with E-state index in [1.165, 1.54) is 6.07 Å². The Bertz CT molecular complexity index is 478. The van der Waals surface area contributed by atoms with Crippen molar-refractivity contribution >= 4 is 17.5 Å². The van der Waals surface area contributed by atoms with E-state index < -0.39 is 17.8 Å². The molecule has 0 aliphatic carbocycles. The second-order valence-electron chi connectivity index (χ2n) is 4.95. The topological polar surface area (TPSA) is 64.4 Å². The Balaban J connectivity index is 2.24. The molecule has 2 atom stereocenters. The molecule has 110 valence electrons. The van der Waals surface area contributed by atoms with Crippen LogP contribution in [0.5, 0.6) is 0 Å². The second kappa shape index (κ2) is 7.02. The molecular formula is C14H18ClFN2O2. The van der Waals surface area contributed by atoms with Crippen LogP contribution in [0, 0.1) is 11.7 Å². The number of hydrogen-bond acceptors (Lipinski definition) is 3. The summed E-state index contributed by atoms with van der Waals surface area (Å²) in [6.07, 6.45) is 1.38. The lowest BCUT2D eigenvalue weighted by atomic mass is 9.89. The maximum Gasteiger partial charge on any atom is 0.243 e. The van der Waals surface area contributed by atoms with Crippen LogP contribution in [0.1, 0.15) is 24.5 Å². The van der Waals surface area contributed by atoms with Crippen molar-refractivity contribution in [1.82, 2.24) is 5.32 Å². The number of piperidine rings is 1. The van der Waals surface area contributed by atoms with E-state index in [1.54, 1.807) is 12.1 Å². The Morgan fingerprint density at radius 3 is 3.05 bits per heavy atom. The quantitative estimate of drug-likeness (QED) is 0.874. The minimum atomic E-state index is -0.568. The van der Waals surface area contributed by atoms with Crippen LogP contribution in [0.2, 0.25) is 5.02 Å². The number of benzene rings is 1. The standard InChI is InChI=1S/C14H18ClFN2O2/c15-11-5-1-4-10(13(11)16)14(20-8-12(17)19)9-3-2-6-18-7-9/h1,4-5,9,14,18H,2-3,6-8H2,(H2,17,19)/t9?,14-/m0/s1. The van der Waals surface area contributed by atoms with E-state index in [0.29, 0.717) is 5.56 Å². The Morgan fingerprint density at radius 2 is 2.40 bits per heavy atom. The molecule has 0 bridgehead atoms. The van der Waals surface area contributed by atoms with E-state index in [2.05, 4.69) is 5.32 Å². The van der Waals surface area contributed by atoms with Gasteiger partial charge in [-0.05, 0) is 25.5 Å². The van der Waals surface area contributed by atoms with Crippen molar-refractivity contribution in [3.05, 3.63) is 34.6 Å². The maximum absolute atomic E-state index is 14.2. The number of primary amides is 1. The SMILES string of the molecule is NC(=O)CO[C@H](c1cccc(Cl)c1F)C1CCCNC1. The van der Waals surface area contributed by atoms with Crippen molar-refractivity contribution in [3.8, 4) is 0 Å². The van der Waals surface area contributed by atoms with Gasteiger partial charge in [0.25, 0.3) is 0 Å². The fourth-order valence-electron chi connectivity index (χ4n) is 2.53. The van der Waals surface area contributed by atoms with Crippen LogP contribution in [0.3, 0.4) is 0 Å². The number of hydrogen-bond donors (Lipinski definition) is 2. The highest BCUT2D eigenvalue weighted by molar-refractivity contribution is 6.30. The highest BCUT2D eigenvalue weighted by Gasteiger charge is 2.29. The first-order valence-corrected chi connectivity index (χ1v) is 7.02. The molecule has 0 aromatic heterocycles. The summed E-state index contributed by atoms with van der Waals surface area (Å²) in [4.78, 5) is 10.9. The normalized spacial score (nSPS) is 20.6. The van der Waals surface area contributed by atoms with Gasteiger partial charge in [0.05, 0.1) is 11.1 Å². The molecule has 3 N–H and O–H groups in total. The predicted octanol–water partition coefficient (Wildman–Crippen LogP) is 2.02. The van der Waals surface area contributed by atoms with Gasteiger partial charge >= 0.3 is 0 Å². The van der Waals surface area contributed by atoms with Crippen molar-refractivity contribution in [2.45, 2.75) is 18.9 Å². The lowest BCUT2D eigenvalue weighted by Gasteiger charge is -2.31. The van der Waals surface area contributed by atoms with Gasteiger partial charge in [0.15, 0.2) is 0 Å². The third kappa shape index (κ3) is 3.69. The first-order chi connectivity index (χ1) is 9.59. The van der Waals surface area contributed by atoms with Crippen LogP contribution in [0.15, 0.2) is 18.2 Å². The highest BCUT2D eigenvalue weighted by Crippen LogP contribution is 2.34. The number of ether oxygens (including phenoxy) is 1. The Labute approximate surface area is 122 Å². The molecule has 6 heteroatoms. The van der Waals surface area contributed by atoms with Gasteiger partial charge < -0.3 is 15.8 Å². The highest BCUT2D eigenvalue weighted by atomic mass is 35.5. The van der Waals surface area contributed by atoms with E-state index >= 15 is 0 Å². The van der Waals surface area contributed by atoms with Gasteiger partial charge in [0.2, 0.25) is 5.91 Å². The average Bonchev–Trinajstić information content (AvgIpc) is 2.44. The lowest BCUT2D eigenvalue weighted by molar-refractivity contribution is -0.126. The summed E-state index contributed by atoms with van der Waals surface area (Å²) in [5.74, 6) is -0.966. The smallest absolute Gasteiger partial charge is 0.243 e. The predicted molar refractivity (Wildman–Crippen MR) is 74.9 cm³/mol. The second-order valence-corrected chi connectivity index (χ2v) is 5.35. The van der Waals surface area contributed by atoms with Crippen LogP contribution >= 0.6 is 11.6 Å². The zero-order valence-corrected chi connectivity index (χ0v) is 11.8. The Hall–Kier alpha value is -1.17. The van der Waals surface area contributed by atoms with E-state index in [-0.39, 0.29) is 17.5 Å². The Kier molecular flexibility index (Phi) is 5.34. The van der Waals surface area contributed by atoms with Gasteiger partial charge in [-0.3, -0.25) is 4.79 Å². The molecule has 1 heterocycles. The number of nitrogens with one attached hydrogen (secondary N) is 1. The third-order valence-electron chi connectivity index (χ3n) is 3.46. The summed E-state index contributed by atoms with van der Waals surface area (Å²) in [5.41, 5.74) is 5.50. The molecule has 1 fully saturated rings. The number of rotatable bonds is 5. The summed E-state index contributed by atoms with van der Waals surface area (Å²) in [6, 6.07) is 4.81. The molecule has 1 amide bonds. The minimum Gasteiger partial charge on any atom is -0.368 e. The van der Waals surface area contributed by atoms with Crippen molar-refractivity contribution in [3.63, 3.8) is 0 Å². The van der Waals surface area contributed by atoms with Crippen molar-refractivity contribution in [2.24, 2.45) is 11.7 Å². The number of halogens is 2. The van der Waals surface area contributed by atoms with Gasteiger partial charge in [-0.2, -0.15) is 0 Å². The molecule has 1 saturated heterocycles. The zero-order chi connectivity index (χ0) is 14.5. The molecule has 1 unspecified atom stereocenters. The first kappa shape index (κ1) is 15.2. The molecule has 20 heavy (non-hydrogen) atoms. The van der Waals surface area contributed by atoms with E-state index in [9.17, 15) is 9.18 Å². The molecule has 4 nitrogen and oxygen atoms in total. The fraction of sp³-hybridized carbons (Fsp3) is 0.500. The zero-order valence-electron chi connectivity index (χ0n) is 11.1. The monoisotopic (exact) mass is 300 g/mol. The molecule has 0 spiro atoms. The maximum atomic E-state index is 14.2. The van der Waals surface area contributed by atoms with Gasteiger partial charge in [0, 0.05) is 18.0 Å². The van der Waals surface area contributed by atoms with Gasteiger partial charge in [-0.25, -0.2) is 4.39 Å². The molecular weight excluding hydrogens is 283 g/mol. The van der Waals surface area contributed by atoms with E-state index in [4.69, 9.17) is 22.1 Å². The van der Waals surface area contributed by atoms with Gasteiger partial charge in [0.1, 0.15) is 12.4 Å².